The predicted molar refractivity (Wildman–Crippen MR) is 108 cm³/mol. The first-order valence-electron chi connectivity index (χ1n) is 10.3. The third-order valence-electron chi connectivity index (χ3n) is 6.48. The Bertz CT molecular complexity index is 757. The van der Waals surface area contributed by atoms with Crippen molar-refractivity contribution in [2.45, 2.75) is 58.3 Å². The van der Waals surface area contributed by atoms with Gasteiger partial charge in [0, 0.05) is 68.7 Å². The summed E-state index contributed by atoms with van der Waals surface area (Å²) >= 11 is 0. The standard InChI is InChI=1S/C22H32N4O/c1-17-11-20(18(2)26(17)13-19-5-3-8-23-12-19)14-25-16-21-6-4-9-24(21)15-22(25)7-10-27/h3,5,8,11-12,21-22,27H,4,6-7,9-10,13-16H2,1-2H3/t21?,22-/m0/s1. The Balaban J connectivity index is 1.52. The molecule has 4 rings (SSSR count). The number of nitrogens with zero attached hydrogens (tertiary/aromatic N) is 4. The molecular formula is C22H32N4O. The van der Waals surface area contributed by atoms with Crippen LogP contribution in [0, 0.1) is 13.8 Å². The molecule has 2 aliphatic rings. The van der Waals surface area contributed by atoms with Crippen LogP contribution in [0.3, 0.4) is 0 Å². The number of pyridine rings is 1. The van der Waals surface area contributed by atoms with Gasteiger partial charge in [-0.25, -0.2) is 0 Å². The second-order valence-corrected chi connectivity index (χ2v) is 8.23. The summed E-state index contributed by atoms with van der Waals surface area (Å²) in [4.78, 5) is 9.52. The lowest BCUT2D eigenvalue weighted by molar-refractivity contribution is 0.0332. The topological polar surface area (TPSA) is 44.5 Å². The lowest BCUT2D eigenvalue weighted by Crippen LogP contribution is -2.55. The molecule has 0 bridgehead atoms. The highest BCUT2D eigenvalue weighted by molar-refractivity contribution is 5.28. The Kier molecular flexibility index (Phi) is 5.62. The highest BCUT2D eigenvalue weighted by Gasteiger charge is 2.36. The molecule has 2 fully saturated rings. The maximum absolute atomic E-state index is 9.55. The molecule has 1 N–H and O–H groups in total. The molecular weight excluding hydrogens is 336 g/mol. The minimum absolute atomic E-state index is 0.277. The quantitative estimate of drug-likeness (QED) is 0.851. The van der Waals surface area contributed by atoms with E-state index in [1.54, 1.807) is 0 Å². The van der Waals surface area contributed by atoms with E-state index in [1.165, 1.54) is 41.9 Å². The Morgan fingerprint density at radius 3 is 2.89 bits per heavy atom. The van der Waals surface area contributed by atoms with E-state index in [-0.39, 0.29) is 6.61 Å². The highest BCUT2D eigenvalue weighted by atomic mass is 16.3. The van der Waals surface area contributed by atoms with Gasteiger partial charge in [-0.05, 0) is 62.9 Å². The summed E-state index contributed by atoms with van der Waals surface area (Å²) in [5.41, 5.74) is 5.33. The molecule has 0 saturated carbocycles. The first kappa shape index (κ1) is 18.7. The van der Waals surface area contributed by atoms with Crippen molar-refractivity contribution in [3.8, 4) is 0 Å². The van der Waals surface area contributed by atoms with E-state index in [4.69, 9.17) is 0 Å². The molecule has 0 aliphatic carbocycles. The van der Waals surface area contributed by atoms with Crippen molar-refractivity contribution in [2.24, 2.45) is 0 Å². The van der Waals surface area contributed by atoms with Gasteiger partial charge < -0.3 is 9.67 Å². The van der Waals surface area contributed by atoms with E-state index in [2.05, 4.69) is 45.3 Å². The third kappa shape index (κ3) is 3.96. The van der Waals surface area contributed by atoms with Crippen LogP contribution in [0.2, 0.25) is 0 Å². The van der Waals surface area contributed by atoms with Crippen molar-refractivity contribution in [3.63, 3.8) is 0 Å². The maximum atomic E-state index is 9.55. The number of fused-ring (bicyclic) bond motifs is 1. The molecule has 2 aromatic rings. The number of aromatic nitrogens is 2. The van der Waals surface area contributed by atoms with E-state index < -0.39 is 0 Å². The van der Waals surface area contributed by atoms with Crippen LogP contribution in [-0.2, 0) is 13.1 Å². The molecule has 2 aromatic heterocycles. The van der Waals surface area contributed by atoms with Gasteiger partial charge in [0.05, 0.1) is 0 Å². The molecule has 1 unspecified atom stereocenters. The summed E-state index contributed by atoms with van der Waals surface area (Å²) in [7, 11) is 0. The molecule has 2 saturated heterocycles. The van der Waals surface area contributed by atoms with Crippen LogP contribution in [0.25, 0.3) is 0 Å². The number of aliphatic hydroxyl groups is 1. The molecule has 0 radical (unpaired) electrons. The second kappa shape index (κ2) is 8.13. The summed E-state index contributed by atoms with van der Waals surface area (Å²) in [6.45, 7) is 10.1. The normalized spacial score (nSPS) is 23.7. The van der Waals surface area contributed by atoms with Crippen LogP contribution >= 0.6 is 0 Å². The lowest BCUT2D eigenvalue weighted by Gasteiger charge is -2.43. The molecule has 4 heterocycles. The number of aryl methyl sites for hydroxylation is 1. The number of rotatable bonds is 6. The van der Waals surface area contributed by atoms with Gasteiger partial charge in [-0.3, -0.25) is 14.8 Å². The van der Waals surface area contributed by atoms with E-state index in [1.807, 2.05) is 18.5 Å². The summed E-state index contributed by atoms with van der Waals surface area (Å²) in [6.07, 6.45) is 7.30. The largest absolute Gasteiger partial charge is 0.396 e. The first-order valence-corrected chi connectivity index (χ1v) is 10.3. The van der Waals surface area contributed by atoms with Crippen LogP contribution in [-0.4, -0.2) is 62.8 Å². The number of hydrogen-bond donors (Lipinski definition) is 1. The Labute approximate surface area is 162 Å². The maximum Gasteiger partial charge on any atom is 0.0490 e. The minimum Gasteiger partial charge on any atom is -0.396 e. The molecule has 0 amide bonds. The predicted octanol–water partition coefficient (Wildman–Crippen LogP) is 2.58. The van der Waals surface area contributed by atoms with Gasteiger partial charge >= 0.3 is 0 Å². The van der Waals surface area contributed by atoms with Gasteiger partial charge in [0.25, 0.3) is 0 Å². The van der Waals surface area contributed by atoms with Crippen LogP contribution in [0.5, 0.6) is 0 Å². The fourth-order valence-corrected chi connectivity index (χ4v) is 4.93. The average Bonchev–Trinajstić information content (AvgIpc) is 3.22. The van der Waals surface area contributed by atoms with Gasteiger partial charge in [-0.2, -0.15) is 0 Å². The third-order valence-corrected chi connectivity index (χ3v) is 6.48. The van der Waals surface area contributed by atoms with Crippen molar-refractivity contribution in [1.82, 2.24) is 19.4 Å². The molecule has 0 spiro atoms. The summed E-state index contributed by atoms with van der Waals surface area (Å²) in [5, 5.41) is 9.55. The fourth-order valence-electron chi connectivity index (χ4n) is 4.93. The zero-order valence-corrected chi connectivity index (χ0v) is 16.6. The molecule has 27 heavy (non-hydrogen) atoms. The van der Waals surface area contributed by atoms with Gasteiger partial charge in [0.1, 0.15) is 0 Å². The van der Waals surface area contributed by atoms with E-state index >= 15 is 0 Å². The SMILES string of the molecule is Cc1cc(CN2CC3CCCN3C[C@@H]2CCO)c(C)n1Cc1cccnc1. The Morgan fingerprint density at radius 2 is 2.11 bits per heavy atom. The molecule has 146 valence electrons. The second-order valence-electron chi connectivity index (χ2n) is 8.23. The van der Waals surface area contributed by atoms with Crippen LogP contribution in [0.1, 0.15) is 41.8 Å². The Morgan fingerprint density at radius 1 is 1.22 bits per heavy atom. The number of hydrogen-bond acceptors (Lipinski definition) is 4. The van der Waals surface area contributed by atoms with Crippen molar-refractivity contribution in [3.05, 3.63) is 53.1 Å². The molecule has 2 atom stereocenters. The van der Waals surface area contributed by atoms with Crippen molar-refractivity contribution in [2.75, 3.05) is 26.2 Å². The van der Waals surface area contributed by atoms with Gasteiger partial charge in [-0.15, -0.1) is 0 Å². The summed E-state index contributed by atoms with van der Waals surface area (Å²) in [5.74, 6) is 0. The minimum atomic E-state index is 0.277. The molecule has 0 aromatic carbocycles. The zero-order valence-electron chi connectivity index (χ0n) is 16.6. The monoisotopic (exact) mass is 368 g/mol. The van der Waals surface area contributed by atoms with Crippen LogP contribution < -0.4 is 0 Å². The molecule has 5 heteroatoms. The van der Waals surface area contributed by atoms with Gasteiger partial charge in [-0.1, -0.05) is 6.07 Å². The molecule has 2 aliphatic heterocycles. The zero-order chi connectivity index (χ0) is 18.8. The van der Waals surface area contributed by atoms with E-state index in [0.717, 1.165) is 32.6 Å². The van der Waals surface area contributed by atoms with E-state index in [0.29, 0.717) is 12.1 Å². The lowest BCUT2D eigenvalue weighted by atomic mass is 10.0. The summed E-state index contributed by atoms with van der Waals surface area (Å²) < 4.78 is 2.40. The summed E-state index contributed by atoms with van der Waals surface area (Å²) in [6, 6.07) is 7.67. The van der Waals surface area contributed by atoms with Gasteiger partial charge in [0.15, 0.2) is 0 Å². The van der Waals surface area contributed by atoms with Gasteiger partial charge in [0.2, 0.25) is 0 Å². The molecule has 5 nitrogen and oxygen atoms in total. The van der Waals surface area contributed by atoms with Crippen LogP contribution in [0.4, 0.5) is 0 Å². The average molecular weight is 369 g/mol. The van der Waals surface area contributed by atoms with E-state index in [9.17, 15) is 5.11 Å². The smallest absolute Gasteiger partial charge is 0.0490 e. The number of aliphatic hydroxyl groups excluding tert-OH is 1. The van der Waals surface area contributed by atoms with Crippen molar-refractivity contribution in [1.29, 1.82) is 0 Å². The Hall–Kier alpha value is -1.69. The van der Waals surface area contributed by atoms with Crippen LogP contribution in [0.15, 0.2) is 30.6 Å². The van der Waals surface area contributed by atoms with Crippen molar-refractivity contribution >= 4 is 0 Å². The highest BCUT2D eigenvalue weighted by Crippen LogP contribution is 2.28. The van der Waals surface area contributed by atoms with Crippen molar-refractivity contribution < 1.29 is 5.11 Å². The first-order chi connectivity index (χ1) is 13.2. The number of piperazine rings is 1. The fraction of sp³-hybridized carbons (Fsp3) is 0.591.